The van der Waals surface area contributed by atoms with Gasteiger partial charge in [-0.1, -0.05) is 6.42 Å². The zero-order chi connectivity index (χ0) is 14.3. The lowest BCUT2D eigenvalue weighted by Crippen LogP contribution is -2.50. The summed E-state index contributed by atoms with van der Waals surface area (Å²) < 4.78 is 22.9. The van der Waals surface area contributed by atoms with Gasteiger partial charge in [-0.05, 0) is 43.9 Å². The number of rotatable bonds is 2. The van der Waals surface area contributed by atoms with E-state index in [2.05, 4.69) is 5.32 Å². The third-order valence-corrected chi connectivity index (χ3v) is 7.13. The Bertz CT molecular complexity index is 482. The van der Waals surface area contributed by atoms with E-state index in [1.807, 2.05) is 0 Å². The summed E-state index contributed by atoms with van der Waals surface area (Å²) in [5, 5.41) is 2.95. The molecular formula is C14H25ClN2O3S. The summed E-state index contributed by atoms with van der Waals surface area (Å²) in [5.41, 5.74) is 6.23. The standard InChI is InChI=1S/C14H24N2O3S.ClH/c15-13-9-2-1-3-10(13)7-11(6-9)14(17)16-12-4-5-20(18,19)8-12;/h9-13H,1-8,15H2,(H,16,17);1H. The third kappa shape index (κ3) is 3.71. The molecule has 3 N–H and O–H groups in total. The number of carbonyl (C=O) groups is 1. The monoisotopic (exact) mass is 336 g/mol. The Morgan fingerprint density at radius 1 is 1.10 bits per heavy atom. The number of fused-ring (bicyclic) bond motifs is 2. The third-order valence-electron chi connectivity index (χ3n) is 5.36. The van der Waals surface area contributed by atoms with Crippen molar-refractivity contribution in [2.75, 3.05) is 11.5 Å². The van der Waals surface area contributed by atoms with Crippen LogP contribution < -0.4 is 11.1 Å². The molecule has 3 unspecified atom stereocenters. The van der Waals surface area contributed by atoms with Gasteiger partial charge in [-0.3, -0.25) is 4.79 Å². The number of hydrogen-bond acceptors (Lipinski definition) is 4. The molecule has 21 heavy (non-hydrogen) atoms. The summed E-state index contributed by atoms with van der Waals surface area (Å²) in [7, 11) is -2.93. The minimum absolute atomic E-state index is 0. The Morgan fingerprint density at radius 2 is 1.71 bits per heavy atom. The van der Waals surface area contributed by atoms with Gasteiger partial charge in [0.25, 0.3) is 0 Å². The lowest BCUT2D eigenvalue weighted by atomic mass is 9.65. The first-order valence-corrected chi connectivity index (χ1v) is 9.53. The Labute approximate surface area is 132 Å². The molecule has 1 aliphatic heterocycles. The van der Waals surface area contributed by atoms with Crippen LogP contribution in [0, 0.1) is 17.8 Å². The quantitative estimate of drug-likeness (QED) is 0.783. The minimum atomic E-state index is -2.93. The van der Waals surface area contributed by atoms with E-state index < -0.39 is 9.84 Å². The topological polar surface area (TPSA) is 89.3 Å². The van der Waals surface area contributed by atoms with Crippen LogP contribution in [0.1, 0.15) is 38.5 Å². The molecule has 0 aromatic rings. The Hall–Kier alpha value is -0.330. The van der Waals surface area contributed by atoms with Crippen LogP contribution in [-0.2, 0) is 14.6 Å². The van der Waals surface area contributed by atoms with Crippen LogP contribution in [0.2, 0.25) is 0 Å². The molecule has 2 bridgehead atoms. The number of nitrogens with one attached hydrogen (secondary N) is 1. The summed E-state index contributed by atoms with van der Waals surface area (Å²) >= 11 is 0. The molecule has 3 aliphatic rings. The van der Waals surface area contributed by atoms with Crippen molar-refractivity contribution < 1.29 is 13.2 Å². The van der Waals surface area contributed by atoms with Gasteiger partial charge in [-0.15, -0.1) is 12.4 Å². The summed E-state index contributed by atoms with van der Waals surface area (Å²) in [6.07, 6.45) is 5.83. The van der Waals surface area contributed by atoms with Crippen LogP contribution in [0.15, 0.2) is 0 Å². The van der Waals surface area contributed by atoms with Gasteiger partial charge in [0.15, 0.2) is 9.84 Å². The molecule has 7 heteroatoms. The highest BCUT2D eigenvalue weighted by atomic mass is 35.5. The fourth-order valence-corrected chi connectivity index (χ4v) is 5.90. The Morgan fingerprint density at radius 3 is 2.24 bits per heavy atom. The van der Waals surface area contributed by atoms with E-state index in [-0.39, 0.29) is 47.8 Å². The molecule has 0 aromatic heterocycles. The van der Waals surface area contributed by atoms with Crippen molar-refractivity contribution >= 4 is 28.2 Å². The van der Waals surface area contributed by atoms with Gasteiger partial charge in [0, 0.05) is 18.0 Å². The summed E-state index contributed by atoms with van der Waals surface area (Å²) in [5.74, 6) is 1.36. The van der Waals surface area contributed by atoms with Crippen molar-refractivity contribution in [1.29, 1.82) is 0 Å². The fourth-order valence-electron chi connectivity index (χ4n) is 4.23. The average Bonchev–Trinajstić information content (AvgIpc) is 2.68. The highest BCUT2D eigenvalue weighted by Gasteiger charge is 2.41. The summed E-state index contributed by atoms with van der Waals surface area (Å²) in [6.45, 7) is 0. The van der Waals surface area contributed by atoms with Crippen LogP contribution >= 0.6 is 12.4 Å². The number of carbonyl (C=O) groups excluding carboxylic acids is 1. The number of sulfone groups is 1. The van der Waals surface area contributed by atoms with Crippen molar-refractivity contribution in [3.8, 4) is 0 Å². The van der Waals surface area contributed by atoms with E-state index in [0.717, 1.165) is 25.7 Å². The summed E-state index contributed by atoms with van der Waals surface area (Å²) in [6, 6.07) is 0.0857. The maximum absolute atomic E-state index is 12.4. The van der Waals surface area contributed by atoms with Crippen LogP contribution in [-0.4, -0.2) is 37.9 Å². The van der Waals surface area contributed by atoms with Crippen molar-refractivity contribution in [2.45, 2.75) is 50.6 Å². The first-order chi connectivity index (χ1) is 9.44. The van der Waals surface area contributed by atoms with E-state index in [4.69, 9.17) is 5.73 Å². The molecule has 1 heterocycles. The van der Waals surface area contributed by atoms with Gasteiger partial charge >= 0.3 is 0 Å². The molecular weight excluding hydrogens is 312 g/mol. The molecule has 3 rings (SSSR count). The smallest absolute Gasteiger partial charge is 0.223 e. The second kappa shape index (κ2) is 6.42. The zero-order valence-corrected chi connectivity index (χ0v) is 13.8. The molecule has 0 aromatic carbocycles. The molecule has 122 valence electrons. The van der Waals surface area contributed by atoms with Crippen LogP contribution in [0.5, 0.6) is 0 Å². The highest BCUT2D eigenvalue weighted by molar-refractivity contribution is 7.91. The molecule has 0 radical (unpaired) electrons. The van der Waals surface area contributed by atoms with Crippen LogP contribution in [0.4, 0.5) is 0 Å². The second-order valence-corrected chi connectivity index (χ2v) is 9.03. The van der Waals surface area contributed by atoms with Gasteiger partial charge in [-0.25, -0.2) is 8.42 Å². The maximum atomic E-state index is 12.4. The van der Waals surface area contributed by atoms with Crippen molar-refractivity contribution in [3.63, 3.8) is 0 Å². The van der Waals surface area contributed by atoms with E-state index in [9.17, 15) is 13.2 Å². The number of nitrogens with two attached hydrogens (primary N) is 1. The Balaban J connectivity index is 0.00000161. The van der Waals surface area contributed by atoms with Crippen molar-refractivity contribution in [3.05, 3.63) is 0 Å². The van der Waals surface area contributed by atoms with E-state index >= 15 is 0 Å². The molecule has 0 spiro atoms. The first-order valence-electron chi connectivity index (χ1n) is 7.71. The molecule has 3 fully saturated rings. The van der Waals surface area contributed by atoms with E-state index in [1.165, 1.54) is 6.42 Å². The Kier molecular flexibility index (Phi) is 5.21. The predicted molar refractivity (Wildman–Crippen MR) is 84.0 cm³/mol. The highest BCUT2D eigenvalue weighted by Crippen LogP contribution is 2.41. The lowest BCUT2D eigenvalue weighted by Gasteiger charge is -2.43. The number of hydrogen-bond donors (Lipinski definition) is 2. The van der Waals surface area contributed by atoms with Gasteiger partial charge < -0.3 is 11.1 Å². The average molecular weight is 337 g/mol. The largest absolute Gasteiger partial charge is 0.352 e. The first kappa shape index (κ1) is 17.0. The number of halogens is 1. The fraction of sp³-hybridized carbons (Fsp3) is 0.929. The van der Waals surface area contributed by atoms with Crippen molar-refractivity contribution in [2.24, 2.45) is 23.5 Å². The van der Waals surface area contributed by atoms with Crippen LogP contribution in [0.25, 0.3) is 0 Å². The minimum Gasteiger partial charge on any atom is -0.352 e. The van der Waals surface area contributed by atoms with Gasteiger partial charge in [-0.2, -0.15) is 0 Å². The molecule has 1 amide bonds. The number of amides is 1. The van der Waals surface area contributed by atoms with Crippen LogP contribution in [0.3, 0.4) is 0 Å². The van der Waals surface area contributed by atoms with E-state index in [0.29, 0.717) is 18.3 Å². The molecule has 1 saturated heterocycles. The van der Waals surface area contributed by atoms with Crippen molar-refractivity contribution in [1.82, 2.24) is 5.32 Å². The van der Waals surface area contributed by atoms with Gasteiger partial charge in [0.1, 0.15) is 0 Å². The predicted octanol–water partition coefficient (Wildman–Crippen LogP) is 0.865. The van der Waals surface area contributed by atoms with Gasteiger partial charge in [0.2, 0.25) is 5.91 Å². The molecule has 3 atom stereocenters. The normalized spacial score (nSPS) is 41.1. The SMILES string of the molecule is Cl.NC1C2CCCC1CC(C(=O)NC1CCS(=O)(=O)C1)C2. The molecule has 2 aliphatic carbocycles. The molecule has 5 nitrogen and oxygen atoms in total. The maximum Gasteiger partial charge on any atom is 0.223 e. The lowest BCUT2D eigenvalue weighted by molar-refractivity contribution is -0.128. The van der Waals surface area contributed by atoms with Gasteiger partial charge in [0.05, 0.1) is 11.5 Å². The van der Waals surface area contributed by atoms with E-state index in [1.54, 1.807) is 0 Å². The summed E-state index contributed by atoms with van der Waals surface area (Å²) in [4.78, 5) is 12.4. The second-order valence-electron chi connectivity index (χ2n) is 6.81. The zero-order valence-electron chi connectivity index (χ0n) is 12.2. The molecule has 2 saturated carbocycles.